The first-order valence-corrected chi connectivity index (χ1v) is 10.6. The van der Waals surface area contributed by atoms with Crippen LogP contribution in [-0.2, 0) is 0 Å². The second-order valence-corrected chi connectivity index (χ2v) is 7.14. The Labute approximate surface area is 206 Å². The molecular weight excluding hydrogens is 464 g/mol. The third kappa shape index (κ3) is 7.13. The third-order valence-electron chi connectivity index (χ3n) is 4.65. The smallest absolute Gasteiger partial charge is 0.343 e. The van der Waals surface area contributed by atoms with Crippen LogP contribution in [0.3, 0.4) is 0 Å². The fourth-order valence-corrected chi connectivity index (χ4v) is 2.91. The Morgan fingerprint density at radius 2 is 0.750 bits per heavy atom. The number of hydrogen-bond donors (Lipinski definition) is 2. The number of para-hydroxylation sites is 2. The molecule has 8 heteroatoms. The molecule has 0 heterocycles. The molecule has 0 radical (unpaired) electrons. The molecule has 0 aliphatic carbocycles. The molecule has 0 aliphatic rings. The summed E-state index contributed by atoms with van der Waals surface area (Å²) in [5, 5.41) is 17.1. The fourth-order valence-electron chi connectivity index (χ4n) is 2.91. The Morgan fingerprint density at radius 1 is 0.444 bits per heavy atom. The van der Waals surface area contributed by atoms with E-state index in [2.05, 4.69) is 0 Å². The average Bonchev–Trinajstić information content (AvgIpc) is 2.90. The van der Waals surface area contributed by atoms with Crippen LogP contribution >= 0.6 is 0 Å². The standard InChI is InChI=1S/C20H14O4.C8H6O4/c21-19(23-17-7-3-1-4-8-17)15-11-13-16(14-12-15)20(22)24-18-9-5-2-6-10-18;9-7(10)5-3-1-2-4-6(5)8(11)12/h1-14H;1-4H,(H,9,10)(H,11,12). The van der Waals surface area contributed by atoms with E-state index in [1.807, 2.05) is 12.1 Å². The van der Waals surface area contributed by atoms with Gasteiger partial charge in [0.15, 0.2) is 0 Å². The summed E-state index contributed by atoms with van der Waals surface area (Å²) in [4.78, 5) is 45.0. The van der Waals surface area contributed by atoms with Gasteiger partial charge in [-0.15, -0.1) is 0 Å². The molecule has 8 nitrogen and oxygen atoms in total. The molecule has 2 N–H and O–H groups in total. The van der Waals surface area contributed by atoms with E-state index < -0.39 is 23.9 Å². The Kier molecular flexibility index (Phi) is 8.66. The number of esters is 2. The van der Waals surface area contributed by atoms with Gasteiger partial charge in [0.05, 0.1) is 22.3 Å². The lowest BCUT2D eigenvalue weighted by molar-refractivity contribution is 0.0651. The molecule has 4 aromatic rings. The summed E-state index contributed by atoms with van der Waals surface area (Å²) in [5.41, 5.74) is 0.334. The highest BCUT2D eigenvalue weighted by Crippen LogP contribution is 2.15. The minimum absolute atomic E-state index is 0.190. The highest BCUT2D eigenvalue weighted by atomic mass is 16.5. The maximum absolute atomic E-state index is 12.0. The van der Waals surface area contributed by atoms with Gasteiger partial charge in [0, 0.05) is 0 Å². The molecule has 0 bridgehead atoms. The first-order chi connectivity index (χ1) is 17.3. The van der Waals surface area contributed by atoms with E-state index in [0.29, 0.717) is 22.6 Å². The molecule has 0 atom stereocenters. The van der Waals surface area contributed by atoms with Gasteiger partial charge in [0.25, 0.3) is 0 Å². The molecular formula is C28H20O8. The highest BCUT2D eigenvalue weighted by Gasteiger charge is 2.14. The topological polar surface area (TPSA) is 127 Å². The van der Waals surface area contributed by atoms with E-state index >= 15 is 0 Å². The second-order valence-electron chi connectivity index (χ2n) is 7.14. The van der Waals surface area contributed by atoms with Crippen LogP contribution in [0.5, 0.6) is 11.5 Å². The maximum atomic E-state index is 12.0. The first kappa shape index (κ1) is 25.4. The van der Waals surface area contributed by atoms with Crippen molar-refractivity contribution in [1.82, 2.24) is 0 Å². The summed E-state index contributed by atoms with van der Waals surface area (Å²) < 4.78 is 10.5. The van der Waals surface area contributed by atoms with E-state index in [1.165, 1.54) is 48.5 Å². The van der Waals surface area contributed by atoms with Crippen molar-refractivity contribution in [3.63, 3.8) is 0 Å². The minimum atomic E-state index is -1.23. The van der Waals surface area contributed by atoms with Gasteiger partial charge in [-0.2, -0.15) is 0 Å². The molecule has 36 heavy (non-hydrogen) atoms. The average molecular weight is 484 g/mol. The molecule has 0 unspecified atom stereocenters. The Morgan fingerprint density at radius 3 is 1.06 bits per heavy atom. The van der Waals surface area contributed by atoms with E-state index in [1.54, 1.807) is 48.5 Å². The number of rotatable bonds is 6. The quantitative estimate of drug-likeness (QED) is 0.282. The summed E-state index contributed by atoms with van der Waals surface area (Å²) in [5.74, 6) is -2.49. The molecule has 0 aliphatic heterocycles. The van der Waals surface area contributed by atoms with Gasteiger partial charge >= 0.3 is 23.9 Å². The van der Waals surface area contributed by atoms with Crippen molar-refractivity contribution in [2.75, 3.05) is 0 Å². The lowest BCUT2D eigenvalue weighted by Gasteiger charge is -2.06. The summed E-state index contributed by atoms with van der Waals surface area (Å²) >= 11 is 0. The van der Waals surface area contributed by atoms with Gasteiger partial charge in [0.2, 0.25) is 0 Å². The monoisotopic (exact) mass is 484 g/mol. The molecule has 0 spiro atoms. The van der Waals surface area contributed by atoms with Crippen molar-refractivity contribution in [1.29, 1.82) is 0 Å². The van der Waals surface area contributed by atoms with Crippen LogP contribution in [0.15, 0.2) is 109 Å². The van der Waals surface area contributed by atoms with Gasteiger partial charge in [-0.25, -0.2) is 19.2 Å². The predicted octanol–water partition coefficient (Wildman–Crippen LogP) is 5.21. The van der Waals surface area contributed by atoms with Crippen LogP contribution in [0, 0.1) is 0 Å². The summed E-state index contributed by atoms with van der Waals surface area (Å²) in [7, 11) is 0. The number of carbonyl (C=O) groups is 4. The number of aromatic carboxylic acids is 2. The molecule has 0 aromatic heterocycles. The van der Waals surface area contributed by atoms with Crippen molar-refractivity contribution in [2.24, 2.45) is 0 Å². The van der Waals surface area contributed by atoms with Gasteiger partial charge in [0.1, 0.15) is 11.5 Å². The Hall–Kier alpha value is -5.24. The third-order valence-corrected chi connectivity index (χ3v) is 4.65. The largest absolute Gasteiger partial charge is 0.478 e. The predicted molar refractivity (Wildman–Crippen MR) is 130 cm³/mol. The number of benzene rings is 4. The normalized spacial score (nSPS) is 9.78. The number of carboxylic acid groups (broad SMARTS) is 2. The number of carbonyl (C=O) groups excluding carboxylic acids is 2. The lowest BCUT2D eigenvalue weighted by Crippen LogP contribution is -2.11. The van der Waals surface area contributed by atoms with Crippen LogP contribution in [0.4, 0.5) is 0 Å². The van der Waals surface area contributed by atoms with Gasteiger partial charge in [-0.3, -0.25) is 0 Å². The summed E-state index contributed by atoms with van der Waals surface area (Å²) in [6.07, 6.45) is 0. The number of ether oxygens (including phenoxy) is 2. The van der Waals surface area contributed by atoms with Crippen molar-refractivity contribution >= 4 is 23.9 Å². The molecule has 0 fully saturated rings. The maximum Gasteiger partial charge on any atom is 0.343 e. The van der Waals surface area contributed by atoms with E-state index in [0.717, 1.165) is 0 Å². The SMILES string of the molecule is O=C(O)c1ccccc1C(=O)O.O=C(Oc1ccccc1)c1ccc(C(=O)Oc2ccccc2)cc1. The minimum Gasteiger partial charge on any atom is -0.478 e. The van der Waals surface area contributed by atoms with Crippen LogP contribution in [-0.4, -0.2) is 34.1 Å². The molecule has 0 amide bonds. The van der Waals surface area contributed by atoms with E-state index in [9.17, 15) is 19.2 Å². The van der Waals surface area contributed by atoms with Crippen molar-refractivity contribution in [3.8, 4) is 11.5 Å². The molecule has 180 valence electrons. The zero-order chi connectivity index (χ0) is 25.9. The van der Waals surface area contributed by atoms with E-state index in [-0.39, 0.29) is 11.1 Å². The first-order valence-electron chi connectivity index (χ1n) is 10.6. The highest BCUT2D eigenvalue weighted by molar-refractivity contribution is 6.01. The Bertz CT molecular complexity index is 1240. The summed E-state index contributed by atoms with van der Waals surface area (Å²) in [6, 6.07) is 29.2. The summed E-state index contributed by atoms with van der Waals surface area (Å²) in [6.45, 7) is 0. The van der Waals surface area contributed by atoms with Gasteiger partial charge in [-0.1, -0.05) is 48.5 Å². The molecule has 4 aromatic carbocycles. The van der Waals surface area contributed by atoms with Crippen LogP contribution in [0.1, 0.15) is 41.4 Å². The van der Waals surface area contributed by atoms with Crippen molar-refractivity contribution in [2.45, 2.75) is 0 Å². The van der Waals surface area contributed by atoms with Gasteiger partial charge in [-0.05, 0) is 60.7 Å². The molecule has 4 rings (SSSR count). The zero-order valence-electron chi connectivity index (χ0n) is 18.7. The fraction of sp³-hybridized carbons (Fsp3) is 0. The van der Waals surface area contributed by atoms with Crippen LogP contribution in [0.2, 0.25) is 0 Å². The Balaban J connectivity index is 0.000000253. The van der Waals surface area contributed by atoms with E-state index in [4.69, 9.17) is 19.7 Å². The molecule has 0 saturated heterocycles. The van der Waals surface area contributed by atoms with Crippen molar-refractivity contribution < 1.29 is 38.9 Å². The van der Waals surface area contributed by atoms with Crippen LogP contribution < -0.4 is 9.47 Å². The van der Waals surface area contributed by atoms with Gasteiger partial charge < -0.3 is 19.7 Å². The zero-order valence-corrected chi connectivity index (χ0v) is 18.7. The lowest BCUT2D eigenvalue weighted by atomic mass is 10.1. The molecule has 0 saturated carbocycles. The number of hydrogen-bond acceptors (Lipinski definition) is 6. The van der Waals surface area contributed by atoms with Crippen LogP contribution in [0.25, 0.3) is 0 Å². The second kappa shape index (κ2) is 12.3. The number of carboxylic acids is 2. The van der Waals surface area contributed by atoms with Crippen molar-refractivity contribution in [3.05, 3.63) is 131 Å².